The van der Waals surface area contributed by atoms with Crippen LogP contribution < -0.4 is 0 Å². The summed E-state index contributed by atoms with van der Waals surface area (Å²) in [5.41, 5.74) is 0.734. The van der Waals surface area contributed by atoms with Crippen molar-refractivity contribution >= 4 is 0 Å². The van der Waals surface area contributed by atoms with Gasteiger partial charge in [-0.15, -0.1) is 0 Å². The summed E-state index contributed by atoms with van der Waals surface area (Å²) in [6.45, 7) is 6.09. The van der Waals surface area contributed by atoms with Crippen LogP contribution in [0.2, 0.25) is 0 Å². The Morgan fingerprint density at radius 3 is 2.74 bits per heavy atom. The zero-order chi connectivity index (χ0) is 18.6. The molecule has 0 radical (unpaired) electrons. The van der Waals surface area contributed by atoms with Gasteiger partial charge in [-0.25, -0.2) is 0 Å². The predicted octanol–water partition coefficient (Wildman–Crippen LogP) is 3.41. The van der Waals surface area contributed by atoms with E-state index in [0.717, 1.165) is 50.3 Å². The summed E-state index contributed by atoms with van der Waals surface area (Å²) in [7, 11) is 0. The van der Waals surface area contributed by atoms with Crippen molar-refractivity contribution in [1.82, 2.24) is 30.2 Å². The number of pyridine rings is 1. The van der Waals surface area contributed by atoms with Gasteiger partial charge in [0.2, 0.25) is 17.6 Å². The van der Waals surface area contributed by atoms with Crippen molar-refractivity contribution in [2.45, 2.75) is 51.5 Å². The van der Waals surface area contributed by atoms with E-state index in [9.17, 15) is 0 Å². The van der Waals surface area contributed by atoms with Crippen molar-refractivity contribution in [3.8, 4) is 11.5 Å². The molecule has 1 atom stereocenters. The quantitative estimate of drug-likeness (QED) is 0.653. The van der Waals surface area contributed by atoms with Gasteiger partial charge in [0.25, 0.3) is 0 Å². The maximum Gasteiger partial charge on any atom is 0.243 e. The maximum atomic E-state index is 5.51. The number of nitrogens with zero attached hydrogens (tertiary/aromatic N) is 6. The standard InChI is InChI=1S/C19H24N6O2/c1-3-6-16-21-18(26-23-16)13(2)25-11-8-14(9-12-25)19-22-17(24-27-19)15-7-4-5-10-20-15/h4-5,7,10,13-14H,3,6,8-9,11-12H2,1-2H3. The van der Waals surface area contributed by atoms with Gasteiger partial charge >= 0.3 is 0 Å². The molecule has 8 nitrogen and oxygen atoms in total. The smallest absolute Gasteiger partial charge is 0.243 e. The van der Waals surface area contributed by atoms with Crippen LogP contribution in [0, 0.1) is 0 Å². The number of rotatable bonds is 6. The van der Waals surface area contributed by atoms with Gasteiger partial charge in [0, 0.05) is 18.5 Å². The van der Waals surface area contributed by atoms with Crippen LogP contribution in [-0.2, 0) is 6.42 Å². The third kappa shape index (κ3) is 3.90. The van der Waals surface area contributed by atoms with E-state index < -0.39 is 0 Å². The van der Waals surface area contributed by atoms with Crippen molar-refractivity contribution in [2.24, 2.45) is 0 Å². The van der Waals surface area contributed by atoms with Gasteiger partial charge in [0.15, 0.2) is 5.82 Å². The number of hydrogen-bond donors (Lipinski definition) is 0. The molecule has 4 heterocycles. The molecule has 0 saturated carbocycles. The fourth-order valence-electron chi connectivity index (χ4n) is 3.45. The summed E-state index contributed by atoms with van der Waals surface area (Å²) in [4.78, 5) is 15.7. The molecule has 0 amide bonds. The van der Waals surface area contributed by atoms with E-state index in [0.29, 0.717) is 17.6 Å². The van der Waals surface area contributed by atoms with Crippen molar-refractivity contribution < 1.29 is 9.05 Å². The van der Waals surface area contributed by atoms with Crippen molar-refractivity contribution in [3.05, 3.63) is 42.0 Å². The molecule has 27 heavy (non-hydrogen) atoms. The Balaban J connectivity index is 1.36. The van der Waals surface area contributed by atoms with E-state index in [1.165, 1.54) is 0 Å². The lowest BCUT2D eigenvalue weighted by atomic mass is 9.96. The van der Waals surface area contributed by atoms with Gasteiger partial charge in [0.05, 0.1) is 6.04 Å². The monoisotopic (exact) mass is 368 g/mol. The predicted molar refractivity (Wildman–Crippen MR) is 97.8 cm³/mol. The molecule has 8 heteroatoms. The molecular formula is C19H24N6O2. The highest BCUT2D eigenvalue weighted by atomic mass is 16.5. The zero-order valence-corrected chi connectivity index (χ0v) is 15.7. The average molecular weight is 368 g/mol. The molecule has 4 rings (SSSR count). The van der Waals surface area contributed by atoms with E-state index in [1.807, 2.05) is 18.2 Å². The Bertz CT molecular complexity index is 854. The first-order valence-electron chi connectivity index (χ1n) is 9.56. The average Bonchev–Trinajstić information content (AvgIpc) is 3.39. The second-order valence-electron chi connectivity index (χ2n) is 6.96. The van der Waals surface area contributed by atoms with Crippen molar-refractivity contribution in [1.29, 1.82) is 0 Å². The highest BCUT2D eigenvalue weighted by Gasteiger charge is 2.30. The Morgan fingerprint density at radius 1 is 1.15 bits per heavy atom. The largest absolute Gasteiger partial charge is 0.339 e. The maximum absolute atomic E-state index is 5.51. The first-order chi connectivity index (χ1) is 13.2. The molecule has 0 bridgehead atoms. The second-order valence-corrected chi connectivity index (χ2v) is 6.96. The normalized spacial score (nSPS) is 17.3. The molecule has 3 aromatic rings. The number of likely N-dealkylation sites (tertiary alicyclic amines) is 1. The number of aryl methyl sites for hydroxylation is 1. The minimum Gasteiger partial charge on any atom is -0.339 e. The fourth-order valence-corrected chi connectivity index (χ4v) is 3.45. The lowest BCUT2D eigenvalue weighted by Gasteiger charge is -2.33. The van der Waals surface area contributed by atoms with Crippen LogP contribution in [0.1, 0.15) is 62.7 Å². The summed E-state index contributed by atoms with van der Waals surface area (Å²) in [6.07, 6.45) is 5.53. The summed E-state index contributed by atoms with van der Waals surface area (Å²) in [6, 6.07) is 5.80. The first kappa shape index (κ1) is 17.8. The van der Waals surface area contributed by atoms with Crippen LogP contribution >= 0.6 is 0 Å². The van der Waals surface area contributed by atoms with Crippen LogP contribution in [0.25, 0.3) is 11.5 Å². The van der Waals surface area contributed by atoms with Crippen LogP contribution in [0.4, 0.5) is 0 Å². The molecule has 142 valence electrons. The summed E-state index contributed by atoms with van der Waals surface area (Å²) < 4.78 is 11.0. The van der Waals surface area contributed by atoms with Crippen molar-refractivity contribution in [3.63, 3.8) is 0 Å². The molecule has 0 aromatic carbocycles. The lowest BCUT2D eigenvalue weighted by molar-refractivity contribution is 0.128. The highest BCUT2D eigenvalue weighted by molar-refractivity contribution is 5.47. The highest BCUT2D eigenvalue weighted by Crippen LogP contribution is 2.31. The lowest BCUT2D eigenvalue weighted by Crippen LogP contribution is -2.35. The van der Waals surface area contributed by atoms with Gasteiger partial charge in [-0.05, 0) is 51.4 Å². The Labute approximate surface area is 158 Å². The third-order valence-electron chi connectivity index (χ3n) is 5.08. The topological polar surface area (TPSA) is 94.0 Å². The zero-order valence-electron chi connectivity index (χ0n) is 15.7. The molecule has 3 aromatic heterocycles. The van der Waals surface area contributed by atoms with Gasteiger partial charge in [-0.1, -0.05) is 23.3 Å². The van der Waals surface area contributed by atoms with Crippen LogP contribution in [0.15, 0.2) is 33.4 Å². The second kappa shape index (κ2) is 7.96. The first-order valence-corrected chi connectivity index (χ1v) is 9.56. The number of aromatic nitrogens is 5. The summed E-state index contributed by atoms with van der Waals surface area (Å²) in [5.74, 6) is 3.02. The molecule has 0 aliphatic carbocycles. The molecule has 1 saturated heterocycles. The molecule has 1 aliphatic rings. The van der Waals surface area contributed by atoms with Gasteiger partial charge < -0.3 is 9.05 Å². The number of piperidine rings is 1. The van der Waals surface area contributed by atoms with Gasteiger partial charge in [-0.2, -0.15) is 9.97 Å². The Hall–Kier alpha value is -2.61. The van der Waals surface area contributed by atoms with Crippen LogP contribution in [0.3, 0.4) is 0 Å². The third-order valence-corrected chi connectivity index (χ3v) is 5.08. The van der Waals surface area contributed by atoms with Crippen LogP contribution in [0.5, 0.6) is 0 Å². The van der Waals surface area contributed by atoms with Gasteiger partial charge in [-0.3, -0.25) is 9.88 Å². The molecule has 0 N–H and O–H groups in total. The van der Waals surface area contributed by atoms with E-state index in [-0.39, 0.29) is 12.0 Å². The van der Waals surface area contributed by atoms with E-state index in [4.69, 9.17) is 9.05 Å². The van der Waals surface area contributed by atoms with E-state index >= 15 is 0 Å². The Morgan fingerprint density at radius 2 is 2.00 bits per heavy atom. The summed E-state index contributed by atoms with van der Waals surface area (Å²) in [5, 5.41) is 8.15. The number of hydrogen-bond acceptors (Lipinski definition) is 8. The minimum absolute atomic E-state index is 0.121. The Kier molecular flexibility index (Phi) is 5.24. The fraction of sp³-hybridized carbons (Fsp3) is 0.526. The summed E-state index contributed by atoms with van der Waals surface area (Å²) >= 11 is 0. The molecule has 1 unspecified atom stereocenters. The van der Waals surface area contributed by atoms with E-state index in [2.05, 4.69) is 44.0 Å². The van der Waals surface area contributed by atoms with Crippen LogP contribution in [-0.4, -0.2) is 43.3 Å². The van der Waals surface area contributed by atoms with Crippen molar-refractivity contribution in [2.75, 3.05) is 13.1 Å². The molecule has 1 aliphatic heterocycles. The SMILES string of the molecule is CCCc1noc(C(C)N2CCC(c3nc(-c4ccccn4)no3)CC2)n1. The molecule has 0 spiro atoms. The molecule has 1 fully saturated rings. The van der Waals surface area contributed by atoms with E-state index in [1.54, 1.807) is 6.20 Å². The van der Waals surface area contributed by atoms with Gasteiger partial charge in [0.1, 0.15) is 5.69 Å². The molecular weight excluding hydrogens is 344 g/mol. The minimum atomic E-state index is 0.121.